The molecule has 11 heteroatoms. The van der Waals surface area contributed by atoms with Crippen LogP contribution in [-0.2, 0) is 19.1 Å². The summed E-state index contributed by atoms with van der Waals surface area (Å²) in [5.74, 6) is 0.533. The second-order valence-electron chi connectivity index (χ2n) is 8.96. The van der Waals surface area contributed by atoms with Crippen LogP contribution in [0.25, 0.3) is 0 Å². The van der Waals surface area contributed by atoms with Crippen molar-refractivity contribution in [2.45, 2.75) is 26.3 Å². The summed E-state index contributed by atoms with van der Waals surface area (Å²) in [7, 11) is 3.11. The molecule has 1 aromatic rings. The number of aliphatic imine (C=N–C) groups is 1. The van der Waals surface area contributed by atoms with Gasteiger partial charge in [-0.3, -0.25) is 9.59 Å². The molecule has 0 aliphatic carbocycles. The van der Waals surface area contributed by atoms with Crippen molar-refractivity contribution >= 4 is 34.7 Å². The monoisotopic (exact) mass is 540 g/mol. The number of carbonyl (C=O) groups is 3. The predicted octanol–water partition coefficient (Wildman–Crippen LogP) is 3.09. The second-order valence-corrected chi connectivity index (χ2v) is 9.79. The first-order chi connectivity index (χ1) is 18.3. The van der Waals surface area contributed by atoms with Crippen molar-refractivity contribution < 1.29 is 28.6 Å². The van der Waals surface area contributed by atoms with E-state index in [0.717, 1.165) is 11.3 Å². The zero-order valence-corrected chi connectivity index (χ0v) is 22.9. The van der Waals surface area contributed by atoms with E-state index in [1.54, 1.807) is 37.0 Å². The van der Waals surface area contributed by atoms with Crippen LogP contribution in [0.3, 0.4) is 0 Å². The molecule has 0 N–H and O–H groups in total. The Labute approximate surface area is 226 Å². The Morgan fingerprint density at radius 3 is 2.42 bits per heavy atom. The SMILES string of the molecule is C=CCOC(=O)C1=C(C)N=C2SC=C(CC(=O)N3CCN(C(C)=O)CC3)N2[C@H]1c1ccc(OC)c(OC)c1. The number of amidine groups is 1. The lowest BCUT2D eigenvalue weighted by atomic mass is 9.93. The summed E-state index contributed by atoms with van der Waals surface area (Å²) in [6.07, 6.45) is 1.64. The van der Waals surface area contributed by atoms with Crippen molar-refractivity contribution in [2.75, 3.05) is 47.0 Å². The molecule has 3 heterocycles. The van der Waals surface area contributed by atoms with E-state index in [1.807, 2.05) is 22.4 Å². The number of rotatable bonds is 8. The molecule has 0 spiro atoms. The highest BCUT2D eigenvalue weighted by molar-refractivity contribution is 8.16. The number of hydrogen-bond acceptors (Lipinski definition) is 9. The first-order valence-electron chi connectivity index (χ1n) is 12.3. The molecular weight excluding hydrogens is 508 g/mol. The number of nitrogens with zero attached hydrogens (tertiary/aromatic N) is 4. The normalized spacial score (nSPS) is 18.9. The Bertz CT molecular complexity index is 1230. The maximum absolute atomic E-state index is 13.3. The standard InChI is InChI=1S/C27H32N4O6S/c1-6-13-37-26(34)24-17(2)28-27-31(25(24)19-7-8-21(35-4)22(14-19)36-5)20(16-38-27)15-23(33)30-11-9-29(10-12-30)18(3)32/h6-8,14,16,25H,1,9-13,15H2,2-5H3/t25-/m0/s1. The van der Waals surface area contributed by atoms with E-state index < -0.39 is 12.0 Å². The molecule has 2 amide bonds. The molecule has 0 saturated carbocycles. The van der Waals surface area contributed by atoms with E-state index in [-0.39, 0.29) is 24.8 Å². The Balaban J connectivity index is 1.66. The molecule has 3 aliphatic rings. The van der Waals surface area contributed by atoms with E-state index in [0.29, 0.717) is 54.1 Å². The number of amides is 2. The molecular formula is C27H32N4O6S. The van der Waals surface area contributed by atoms with E-state index in [2.05, 4.69) is 11.6 Å². The topological polar surface area (TPSA) is 101 Å². The van der Waals surface area contributed by atoms with Crippen molar-refractivity contribution in [2.24, 2.45) is 4.99 Å². The number of ether oxygens (including phenoxy) is 3. The molecule has 1 saturated heterocycles. The van der Waals surface area contributed by atoms with Crippen LogP contribution in [-0.4, -0.2) is 84.7 Å². The minimum atomic E-state index is -0.594. The van der Waals surface area contributed by atoms with Crippen molar-refractivity contribution in [3.05, 3.63) is 58.8 Å². The van der Waals surface area contributed by atoms with Gasteiger partial charge in [0.15, 0.2) is 16.7 Å². The van der Waals surface area contributed by atoms with Gasteiger partial charge in [0.05, 0.1) is 38.0 Å². The fourth-order valence-corrected chi connectivity index (χ4v) is 5.68. The van der Waals surface area contributed by atoms with Crippen LogP contribution >= 0.6 is 11.8 Å². The lowest BCUT2D eigenvalue weighted by Gasteiger charge is -2.38. The van der Waals surface area contributed by atoms with Gasteiger partial charge < -0.3 is 28.9 Å². The van der Waals surface area contributed by atoms with Crippen LogP contribution in [0.4, 0.5) is 0 Å². The molecule has 1 aromatic carbocycles. The minimum absolute atomic E-state index is 0.0111. The van der Waals surface area contributed by atoms with Gasteiger partial charge in [-0.25, -0.2) is 9.79 Å². The summed E-state index contributed by atoms with van der Waals surface area (Å²) in [5, 5.41) is 2.58. The highest BCUT2D eigenvalue weighted by atomic mass is 32.2. The van der Waals surface area contributed by atoms with Gasteiger partial charge in [-0.1, -0.05) is 30.5 Å². The van der Waals surface area contributed by atoms with E-state index in [9.17, 15) is 14.4 Å². The first kappa shape index (κ1) is 27.3. The van der Waals surface area contributed by atoms with Crippen LogP contribution in [0.1, 0.15) is 31.9 Å². The smallest absolute Gasteiger partial charge is 0.338 e. The van der Waals surface area contributed by atoms with Crippen LogP contribution < -0.4 is 9.47 Å². The van der Waals surface area contributed by atoms with Crippen LogP contribution in [0, 0.1) is 0 Å². The number of hydrogen-bond donors (Lipinski definition) is 0. The largest absolute Gasteiger partial charge is 0.493 e. The number of thioether (sulfide) groups is 1. The van der Waals surface area contributed by atoms with Gasteiger partial charge in [0.2, 0.25) is 11.8 Å². The average molecular weight is 541 g/mol. The van der Waals surface area contributed by atoms with Crippen molar-refractivity contribution in [1.82, 2.24) is 14.7 Å². The average Bonchev–Trinajstić information content (AvgIpc) is 3.32. The van der Waals surface area contributed by atoms with E-state index >= 15 is 0 Å². The number of benzene rings is 1. The maximum atomic E-state index is 13.3. The highest BCUT2D eigenvalue weighted by Crippen LogP contribution is 2.46. The lowest BCUT2D eigenvalue weighted by molar-refractivity contribution is -0.138. The third-order valence-corrected chi connectivity index (χ3v) is 7.57. The summed E-state index contributed by atoms with van der Waals surface area (Å²) in [6, 6.07) is 4.88. The predicted molar refractivity (Wildman–Crippen MR) is 145 cm³/mol. The number of fused-ring (bicyclic) bond motifs is 1. The molecule has 1 fully saturated rings. The van der Waals surface area contributed by atoms with Gasteiger partial charge in [0, 0.05) is 38.8 Å². The molecule has 1 atom stereocenters. The number of piperazine rings is 1. The zero-order valence-electron chi connectivity index (χ0n) is 22.1. The summed E-state index contributed by atoms with van der Waals surface area (Å²) >= 11 is 1.41. The molecule has 0 aromatic heterocycles. The van der Waals surface area contributed by atoms with Crippen molar-refractivity contribution in [1.29, 1.82) is 0 Å². The van der Waals surface area contributed by atoms with Gasteiger partial charge in [-0.2, -0.15) is 0 Å². The molecule has 0 bridgehead atoms. The fraction of sp³-hybridized carbons (Fsp3) is 0.407. The number of esters is 1. The Morgan fingerprint density at radius 2 is 1.79 bits per heavy atom. The molecule has 10 nitrogen and oxygen atoms in total. The summed E-state index contributed by atoms with van der Waals surface area (Å²) in [4.78, 5) is 48.4. The molecule has 0 unspecified atom stereocenters. The lowest BCUT2D eigenvalue weighted by Crippen LogP contribution is -2.50. The molecule has 4 rings (SSSR count). The van der Waals surface area contributed by atoms with Gasteiger partial charge in [-0.05, 0) is 30.0 Å². The molecule has 0 radical (unpaired) electrons. The first-order valence-corrected chi connectivity index (χ1v) is 13.1. The van der Waals surface area contributed by atoms with Crippen molar-refractivity contribution in [3.63, 3.8) is 0 Å². The molecule has 3 aliphatic heterocycles. The quantitative estimate of drug-likeness (QED) is 0.366. The second kappa shape index (κ2) is 11.8. The van der Waals surface area contributed by atoms with Crippen LogP contribution in [0.2, 0.25) is 0 Å². The van der Waals surface area contributed by atoms with Gasteiger partial charge in [0.1, 0.15) is 6.61 Å². The van der Waals surface area contributed by atoms with E-state index in [1.165, 1.54) is 24.8 Å². The fourth-order valence-electron chi connectivity index (χ4n) is 4.72. The Kier molecular flexibility index (Phi) is 8.45. The van der Waals surface area contributed by atoms with Crippen LogP contribution in [0.5, 0.6) is 11.5 Å². The minimum Gasteiger partial charge on any atom is -0.493 e. The van der Waals surface area contributed by atoms with Crippen molar-refractivity contribution in [3.8, 4) is 11.5 Å². The highest BCUT2D eigenvalue weighted by Gasteiger charge is 2.42. The number of carbonyl (C=O) groups excluding carboxylic acids is 3. The van der Waals surface area contributed by atoms with Crippen LogP contribution in [0.15, 0.2) is 58.2 Å². The summed E-state index contributed by atoms with van der Waals surface area (Å²) in [6.45, 7) is 9.01. The zero-order chi connectivity index (χ0) is 27.4. The van der Waals surface area contributed by atoms with E-state index in [4.69, 9.17) is 14.2 Å². The molecule has 38 heavy (non-hydrogen) atoms. The third-order valence-electron chi connectivity index (χ3n) is 6.69. The van der Waals surface area contributed by atoms with Gasteiger partial charge in [0.25, 0.3) is 0 Å². The summed E-state index contributed by atoms with van der Waals surface area (Å²) in [5.41, 5.74) is 2.41. The van der Waals surface area contributed by atoms with Gasteiger partial charge in [-0.15, -0.1) is 0 Å². The van der Waals surface area contributed by atoms with Gasteiger partial charge >= 0.3 is 5.97 Å². The Morgan fingerprint density at radius 1 is 1.11 bits per heavy atom. The third kappa shape index (κ3) is 5.42. The maximum Gasteiger partial charge on any atom is 0.338 e. The summed E-state index contributed by atoms with van der Waals surface area (Å²) < 4.78 is 16.4. The molecule has 202 valence electrons. The number of allylic oxidation sites excluding steroid dienone is 1. The Hall–Kier alpha value is -3.73. The number of methoxy groups -OCH3 is 2.